The fourth-order valence-corrected chi connectivity index (χ4v) is 5.29. The zero-order chi connectivity index (χ0) is 30.3. The predicted molar refractivity (Wildman–Crippen MR) is 154 cm³/mol. The van der Waals surface area contributed by atoms with Crippen molar-refractivity contribution in [3.8, 4) is 17.2 Å². The van der Waals surface area contributed by atoms with E-state index in [4.69, 9.17) is 21.1 Å². The molecule has 1 fully saturated rings. The van der Waals surface area contributed by atoms with Crippen molar-refractivity contribution in [3.05, 3.63) is 76.8 Å². The minimum atomic E-state index is -4.86. The number of halogens is 4. The van der Waals surface area contributed by atoms with Gasteiger partial charge < -0.3 is 29.5 Å². The van der Waals surface area contributed by atoms with Crippen molar-refractivity contribution in [1.29, 1.82) is 0 Å². The lowest BCUT2D eigenvalue weighted by Crippen LogP contribution is -2.38. The fourth-order valence-electron chi connectivity index (χ4n) is 5.17. The molecule has 3 aromatic carbocycles. The maximum atomic E-state index is 14.3. The molecule has 1 aliphatic carbocycles. The summed E-state index contributed by atoms with van der Waals surface area (Å²) < 4.78 is 54.5. The molecule has 0 radical (unpaired) electrons. The Labute approximate surface area is 247 Å². The van der Waals surface area contributed by atoms with Gasteiger partial charge in [0.2, 0.25) is 0 Å². The molecule has 1 amide bonds. The summed E-state index contributed by atoms with van der Waals surface area (Å²) in [6.07, 6.45) is -2.78. The number of fused-ring (bicyclic) bond motifs is 2. The number of anilines is 2. The van der Waals surface area contributed by atoms with Crippen molar-refractivity contribution in [2.24, 2.45) is 0 Å². The molecule has 224 valence electrons. The van der Waals surface area contributed by atoms with E-state index >= 15 is 0 Å². The standard InChI is InChI=1S/C31H32ClF3N2O5/c1-29(2,39)12-13-41-24-15-21(14-23(16-24)40-3)36-27(19-4-6-20(32)7-5-19)28(38)37-18-30(10-11-30)25-9-8-22(17-26(25)37)42-31(33,34)35/h4-9,14-17,27,36,39H,10-13,18H2,1-3H3. The molecule has 5 rings (SSSR count). The van der Waals surface area contributed by atoms with E-state index in [-0.39, 0.29) is 23.7 Å². The average Bonchev–Trinajstić information content (AvgIpc) is 3.62. The number of carbonyl (C=O) groups excluding carboxylic acids is 1. The number of nitrogens with zero attached hydrogens (tertiary/aromatic N) is 1. The Balaban J connectivity index is 1.48. The highest BCUT2D eigenvalue weighted by atomic mass is 35.5. The lowest BCUT2D eigenvalue weighted by Gasteiger charge is -2.27. The summed E-state index contributed by atoms with van der Waals surface area (Å²) in [4.78, 5) is 15.8. The third-order valence-corrected chi connectivity index (χ3v) is 7.76. The van der Waals surface area contributed by atoms with Crippen LogP contribution in [0.2, 0.25) is 5.02 Å². The Morgan fingerprint density at radius 3 is 2.36 bits per heavy atom. The number of hydrogen-bond donors (Lipinski definition) is 2. The molecule has 42 heavy (non-hydrogen) atoms. The number of carbonyl (C=O) groups is 1. The fraction of sp³-hybridized carbons (Fsp3) is 0.387. The second kappa shape index (κ2) is 11.2. The van der Waals surface area contributed by atoms with E-state index < -0.39 is 18.0 Å². The molecule has 1 heterocycles. The summed E-state index contributed by atoms with van der Waals surface area (Å²) in [6, 6.07) is 15.2. The van der Waals surface area contributed by atoms with Crippen LogP contribution in [0.5, 0.6) is 17.2 Å². The molecule has 11 heteroatoms. The molecule has 7 nitrogen and oxygen atoms in total. The molecule has 3 aromatic rings. The third-order valence-electron chi connectivity index (χ3n) is 7.50. The summed E-state index contributed by atoms with van der Waals surface area (Å²) in [5.74, 6) is 0.228. The summed E-state index contributed by atoms with van der Waals surface area (Å²) in [6.45, 7) is 3.99. The Hall–Kier alpha value is -3.63. The van der Waals surface area contributed by atoms with Gasteiger partial charge >= 0.3 is 6.36 Å². The number of rotatable bonds is 10. The maximum Gasteiger partial charge on any atom is 0.573 e. The lowest BCUT2D eigenvalue weighted by molar-refractivity contribution is -0.274. The molecule has 1 spiro atoms. The van der Waals surface area contributed by atoms with Gasteiger partial charge in [0, 0.05) is 53.4 Å². The maximum absolute atomic E-state index is 14.3. The number of hydrogen-bond acceptors (Lipinski definition) is 6. The quantitative estimate of drug-likeness (QED) is 0.259. The van der Waals surface area contributed by atoms with Gasteiger partial charge in [0.1, 0.15) is 23.3 Å². The van der Waals surface area contributed by atoms with Crippen LogP contribution >= 0.6 is 11.6 Å². The zero-order valence-electron chi connectivity index (χ0n) is 23.4. The first-order chi connectivity index (χ1) is 19.7. The van der Waals surface area contributed by atoms with E-state index in [1.807, 2.05) is 0 Å². The van der Waals surface area contributed by atoms with Crippen molar-refractivity contribution in [3.63, 3.8) is 0 Å². The van der Waals surface area contributed by atoms with E-state index in [2.05, 4.69) is 10.1 Å². The van der Waals surface area contributed by atoms with Gasteiger partial charge in [0.15, 0.2) is 0 Å². The van der Waals surface area contributed by atoms with E-state index in [0.29, 0.717) is 46.4 Å². The molecular weight excluding hydrogens is 573 g/mol. The largest absolute Gasteiger partial charge is 0.573 e. The Morgan fingerprint density at radius 1 is 1.05 bits per heavy atom. The normalized spacial score (nSPS) is 16.1. The van der Waals surface area contributed by atoms with E-state index in [0.717, 1.165) is 18.4 Å². The van der Waals surface area contributed by atoms with Gasteiger partial charge in [0.05, 0.1) is 25.0 Å². The van der Waals surface area contributed by atoms with Crippen LogP contribution in [0, 0.1) is 0 Å². The van der Waals surface area contributed by atoms with E-state index in [1.165, 1.54) is 19.2 Å². The number of ether oxygens (including phenoxy) is 3. The first-order valence-corrected chi connectivity index (χ1v) is 13.9. The summed E-state index contributed by atoms with van der Waals surface area (Å²) in [7, 11) is 1.51. The van der Waals surface area contributed by atoms with Crippen LogP contribution in [0.1, 0.15) is 50.3 Å². The van der Waals surface area contributed by atoms with Crippen molar-refractivity contribution in [1.82, 2.24) is 0 Å². The Bertz CT molecular complexity index is 1450. The topological polar surface area (TPSA) is 80.3 Å². The smallest absolute Gasteiger partial charge is 0.497 e. The predicted octanol–water partition coefficient (Wildman–Crippen LogP) is 7.02. The third kappa shape index (κ3) is 6.87. The monoisotopic (exact) mass is 604 g/mol. The van der Waals surface area contributed by atoms with Gasteiger partial charge in [-0.05, 0) is 56.0 Å². The summed E-state index contributed by atoms with van der Waals surface area (Å²) in [5, 5.41) is 13.8. The number of alkyl halides is 3. The lowest BCUT2D eigenvalue weighted by atomic mass is 9.99. The average molecular weight is 605 g/mol. The molecule has 2 N–H and O–H groups in total. The van der Waals surface area contributed by atoms with Gasteiger partial charge in [0.25, 0.3) is 5.91 Å². The second-order valence-corrected chi connectivity index (χ2v) is 11.8. The molecular formula is C31H32ClF3N2O5. The molecule has 1 atom stereocenters. The Kier molecular flexibility index (Phi) is 7.98. The highest BCUT2D eigenvalue weighted by Gasteiger charge is 2.54. The van der Waals surface area contributed by atoms with Crippen LogP contribution < -0.4 is 24.4 Å². The molecule has 2 aliphatic rings. The molecule has 1 saturated carbocycles. The van der Waals surface area contributed by atoms with Gasteiger partial charge in [-0.25, -0.2) is 0 Å². The van der Waals surface area contributed by atoms with Crippen molar-refractivity contribution >= 4 is 28.9 Å². The Morgan fingerprint density at radius 2 is 1.74 bits per heavy atom. The van der Waals surface area contributed by atoms with Crippen LogP contribution in [-0.2, 0) is 10.2 Å². The van der Waals surface area contributed by atoms with Crippen LogP contribution in [0.25, 0.3) is 0 Å². The highest BCUT2D eigenvalue weighted by molar-refractivity contribution is 6.30. The van der Waals surface area contributed by atoms with E-state index in [9.17, 15) is 23.1 Å². The zero-order valence-corrected chi connectivity index (χ0v) is 24.2. The number of methoxy groups -OCH3 is 1. The van der Waals surface area contributed by atoms with Gasteiger partial charge in [-0.3, -0.25) is 4.79 Å². The van der Waals surface area contributed by atoms with Crippen LogP contribution in [0.4, 0.5) is 24.5 Å². The van der Waals surface area contributed by atoms with Crippen LogP contribution in [0.15, 0.2) is 60.7 Å². The second-order valence-electron chi connectivity index (χ2n) is 11.4. The van der Waals surface area contributed by atoms with Gasteiger partial charge in [-0.2, -0.15) is 0 Å². The minimum Gasteiger partial charge on any atom is -0.497 e. The van der Waals surface area contributed by atoms with Crippen molar-refractivity contribution in [2.75, 3.05) is 30.5 Å². The number of nitrogens with one attached hydrogen (secondary N) is 1. The van der Waals surface area contributed by atoms with Gasteiger partial charge in [-0.1, -0.05) is 29.8 Å². The van der Waals surface area contributed by atoms with Crippen molar-refractivity contribution < 1.29 is 37.3 Å². The molecule has 0 saturated heterocycles. The molecule has 1 aliphatic heterocycles. The molecule has 0 bridgehead atoms. The number of amides is 1. The minimum absolute atomic E-state index is 0.255. The first-order valence-electron chi connectivity index (χ1n) is 13.5. The summed E-state index contributed by atoms with van der Waals surface area (Å²) in [5.41, 5.74) is 1.20. The molecule has 1 unspecified atom stereocenters. The van der Waals surface area contributed by atoms with Crippen LogP contribution in [-0.4, -0.2) is 43.2 Å². The first kappa shape index (κ1) is 29.8. The van der Waals surface area contributed by atoms with E-state index in [1.54, 1.807) is 67.3 Å². The summed E-state index contributed by atoms with van der Waals surface area (Å²) >= 11 is 6.13. The SMILES string of the molecule is COc1cc(NC(C(=O)N2CC3(CC3)c3ccc(OC(F)(F)F)cc32)c2ccc(Cl)cc2)cc(OCCC(C)(C)O)c1. The van der Waals surface area contributed by atoms with Crippen LogP contribution in [0.3, 0.4) is 0 Å². The molecule has 0 aromatic heterocycles. The van der Waals surface area contributed by atoms with Crippen molar-refractivity contribution in [2.45, 2.75) is 56.5 Å². The number of benzene rings is 3. The highest BCUT2D eigenvalue weighted by Crippen LogP contribution is 2.57. The number of aliphatic hydroxyl groups is 1. The van der Waals surface area contributed by atoms with Gasteiger partial charge in [-0.15, -0.1) is 13.2 Å².